The predicted molar refractivity (Wildman–Crippen MR) is 119 cm³/mol. The van der Waals surface area contributed by atoms with Gasteiger partial charge in [-0.2, -0.15) is 0 Å². The van der Waals surface area contributed by atoms with Crippen LogP contribution in [0.4, 0.5) is 5.00 Å². The van der Waals surface area contributed by atoms with Crippen molar-refractivity contribution in [3.05, 3.63) is 76.8 Å². The van der Waals surface area contributed by atoms with Gasteiger partial charge in [0.15, 0.2) is 0 Å². The number of anilines is 1. The van der Waals surface area contributed by atoms with E-state index < -0.39 is 11.3 Å². The van der Waals surface area contributed by atoms with Crippen molar-refractivity contribution in [3.8, 4) is 10.4 Å². The van der Waals surface area contributed by atoms with Crippen molar-refractivity contribution in [2.45, 2.75) is 31.1 Å². The van der Waals surface area contributed by atoms with Crippen molar-refractivity contribution in [3.63, 3.8) is 0 Å². The molecule has 1 heterocycles. The molecule has 4 rings (SSSR count). The van der Waals surface area contributed by atoms with E-state index in [1.807, 2.05) is 54.6 Å². The molecule has 1 aliphatic rings. The molecule has 0 aliphatic heterocycles. The Balaban J connectivity index is 1.69. The molecule has 29 heavy (non-hydrogen) atoms. The summed E-state index contributed by atoms with van der Waals surface area (Å²) >= 11 is 7.41. The maximum atomic E-state index is 13.5. The van der Waals surface area contributed by atoms with Crippen molar-refractivity contribution in [1.29, 1.82) is 0 Å². The summed E-state index contributed by atoms with van der Waals surface area (Å²) in [7, 11) is 0. The minimum atomic E-state index is -0.615. The van der Waals surface area contributed by atoms with Crippen molar-refractivity contribution < 1.29 is 9.59 Å². The molecule has 1 saturated carbocycles. The highest BCUT2D eigenvalue weighted by atomic mass is 35.5. The third-order valence-corrected chi connectivity index (χ3v) is 6.92. The summed E-state index contributed by atoms with van der Waals surface area (Å²) < 4.78 is 0. The molecule has 1 aromatic heterocycles. The maximum Gasteiger partial charge on any atom is 0.251 e. The lowest BCUT2D eigenvalue weighted by atomic mass is 9.78. The van der Waals surface area contributed by atoms with Gasteiger partial charge in [0, 0.05) is 9.90 Å². The largest absolute Gasteiger partial charge is 0.366 e. The maximum absolute atomic E-state index is 13.5. The summed E-state index contributed by atoms with van der Waals surface area (Å²) in [6.07, 6.45) is 3.50. The van der Waals surface area contributed by atoms with Crippen molar-refractivity contribution in [2.24, 2.45) is 5.73 Å². The van der Waals surface area contributed by atoms with E-state index in [0.717, 1.165) is 41.7 Å². The van der Waals surface area contributed by atoms with Crippen molar-refractivity contribution in [1.82, 2.24) is 0 Å². The third-order valence-electron chi connectivity index (χ3n) is 5.57. The molecule has 0 atom stereocenters. The van der Waals surface area contributed by atoms with Crippen molar-refractivity contribution >= 4 is 39.8 Å². The van der Waals surface area contributed by atoms with Gasteiger partial charge in [-0.1, -0.05) is 66.9 Å². The first-order valence-electron chi connectivity index (χ1n) is 9.56. The summed E-state index contributed by atoms with van der Waals surface area (Å²) in [5.41, 5.74) is 7.26. The van der Waals surface area contributed by atoms with Crippen LogP contribution in [0.1, 0.15) is 41.6 Å². The molecule has 6 heteroatoms. The number of primary amides is 1. The Kier molecular flexibility index (Phi) is 5.43. The number of thiophene rings is 1. The third kappa shape index (κ3) is 3.80. The summed E-state index contributed by atoms with van der Waals surface area (Å²) in [5.74, 6) is -0.646. The first-order chi connectivity index (χ1) is 14.0. The van der Waals surface area contributed by atoms with Crippen LogP contribution >= 0.6 is 22.9 Å². The summed E-state index contributed by atoms with van der Waals surface area (Å²) in [6, 6.07) is 19.0. The molecular weight excluding hydrogens is 404 g/mol. The molecule has 1 aliphatic carbocycles. The Morgan fingerprint density at radius 3 is 2.28 bits per heavy atom. The van der Waals surface area contributed by atoms with E-state index >= 15 is 0 Å². The van der Waals surface area contributed by atoms with E-state index in [2.05, 4.69) is 5.32 Å². The number of nitrogens with two attached hydrogens (primary N) is 1. The second-order valence-electron chi connectivity index (χ2n) is 7.33. The van der Waals surface area contributed by atoms with E-state index in [1.165, 1.54) is 11.3 Å². The van der Waals surface area contributed by atoms with Crippen LogP contribution in [0.2, 0.25) is 5.02 Å². The van der Waals surface area contributed by atoms with Crippen LogP contribution in [0.5, 0.6) is 0 Å². The molecule has 0 radical (unpaired) electrons. The lowest BCUT2D eigenvalue weighted by Gasteiger charge is -2.28. The van der Waals surface area contributed by atoms with Gasteiger partial charge < -0.3 is 11.1 Å². The fourth-order valence-corrected chi connectivity index (χ4v) is 5.22. The molecule has 148 valence electrons. The topological polar surface area (TPSA) is 72.2 Å². The number of benzene rings is 2. The molecular formula is C23H21ClN2O2S. The van der Waals surface area contributed by atoms with Gasteiger partial charge in [-0.3, -0.25) is 9.59 Å². The van der Waals surface area contributed by atoms with Crippen molar-refractivity contribution in [2.75, 3.05) is 5.32 Å². The van der Waals surface area contributed by atoms with E-state index in [1.54, 1.807) is 6.07 Å². The minimum absolute atomic E-state index is 0.0960. The van der Waals surface area contributed by atoms with E-state index in [0.29, 0.717) is 15.6 Å². The average molecular weight is 425 g/mol. The van der Waals surface area contributed by atoms with Gasteiger partial charge in [-0.25, -0.2) is 0 Å². The second-order valence-corrected chi connectivity index (χ2v) is 8.82. The zero-order valence-corrected chi connectivity index (χ0v) is 17.4. The van der Waals surface area contributed by atoms with Crippen LogP contribution in [0, 0.1) is 0 Å². The number of carbonyl (C=O) groups is 2. The van der Waals surface area contributed by atoms with Gasteiger partial charge >= 0.3 is 0 Å². The molecule has 4 nitrogen and oxygen atoms in total. The Morgan fingerprint density at radius 2 is 1.66 bits per heavy atom. The smallest absolute Gasteiger partial charge is 0.251 e. The average Bonchev–Trinajstić information content (AvgIpc) is 3.37. The number of amides is 2. The van der Waals surface area contributed by atoms with Crippen LogP contribution in [0.15, 0.2) is 60.7 Å². The highest BCUT2D eigenvalue weighted by Gasteiger charge is 2.43. The van der Waals surface area contributed by atoms with Gasteiger partial charge in [0.1, 0.15) is 5.00 Å². The molecule has 0 unspecified atom stereocenters. The highest BCUT2D eigenvalue weighted by molar-refractivity contribution is 7.20. The van der Waals surface area contributed by atoms with E-state index in [9.17, 15) is 9.59 Å². The van der Waals surface area contributed by atoms with Crippen LogP contribution < -0.4 is 11.1 Å². The van der Waals surface area contributed by atoms with Gasteiger partial charge in [0.25, 0.3) is 5.91 Å². The summed E-state index contributed by atoms with van der Waals surface area (Å²) in [5, 5.41) is 4.17. The SMILES string of the molecule is NC(=O)c1cc(-c2ccccc2)sc1NC(=O)C1(c2ccc(Cl)cc2)CCCC1. The zero-order valence-electron chi connectivity index (χ0n) is 15.8. The Bertz CT molecular complexity index is 1040. The van der Waals surface area contributed by atoms with Gasteiger partial charge in [0.05, 0.1) is 11.0 Å². The first-order valence-corrected chi connectivity index (χ1v) is 10.8. The lowest BCUT2D eigenvalue weighted by molar-refractivity contribution is -0.121. The monoisotopic (exact) mass is 424 g/mol. The summed E-state index contributed by atoms with van der Waals surface area (Å²) in [6.45, 7) is 0. The molecule has 2 amide bonds. The van der Waals surface area contributed by atoms with Gasteiger partial charge in [0.2, 0.25) is 5.91 Å². The second kappa shape index (κ2) is 8.01. The zero-order chi connectivity index (χ0) is 20.4. The molecule has 0 bridgehead atoms. The van der Waals surface area contributed by atoms with E-state index in [4.69, 9.17) is 17.3 Å². The molecule has 0 saturated heterocycles. The fraction of sp³-hybridized carbons (Fsp3) is 0.217. The molecule has 2 aromatic carbocycles. The lowest BCUT2D eigenvalue weighted by Crippen LogP contribution is -2.38. The highest BCUT2D eigenvalue weighted by Crippen LogP contribution is 2.43. The standard InChI is InChI=1S/C23H21ClN2O2S/c24-17-10-8-16(9-11-17)23(12-4-5-13-23)22(28)26-21-18(20(25)27)14-19(29-21)15-6-2-1-3-7-15/h1-3,6-11,14H,4-5,12-13H2,(H2,25,27)(H,26,28). The molecule has 3 N–H and O–H groups in total. The Labute approximate surface area is 178 Å². The van der Waals surface area contributed by atoms with E-state index in [-0.39, 0.29) is 5.91 Å². The predicted octanol–water partition coefficient (Wildman–Crippen LogP) is 5.62. The quantitative estimate of drug-likeness (QED) is 0.558. The van der Waals surface area contributed by atoms with Gasteiger partial charge in [-0.05, 0) is 42.2 Å². The van der Waals surface area contributed by atoms with Crippen LogP contribution in [0.3, 0.4) is 0 Å². The Hall–Kier alpha value is -2.63. The number of hydrogen-bond donors (Lipinski definition) is 2. The summed E-state index contributed by atoms with van der Waals surface area (Å²) in [4.78, 5) is 26.4. The fourth-order valence-electron chi connectivity index (χ4n) is 4.03. The number of rotatable bonds is 5. The number of halogens is 1. The molecule has 1 fully saturated rings. The number of hydrogen-bond acceptors (Lipinski definition) is 3. The number of carbonyl (C=O) groups excluding carboxylic acids is 2. The first kappa shape index (κ1) is 19.7. The minimum Gasteiger partial charge on any atom is -0.366 e. The molecule has 0 spiro atoms. The molecule has 3 aromatic rings. The normalized spacial score (nSPS) is 15.2. The van der Waals surface area contributed by atoms with Crippen LogP contribution in [-0.2, 0) is 10.2 Å². The van der Waals surface area contributed by atoms with Crippen LogP contribution in [0.25, 0.3) is 10.4 Å². The Morgan fingerprint density at radius 1 is 1.00 bits per heavy atom. The van der Waals surface area contributed by atoms with Gasteiger partial charge in [-0.15, -0.1) is 11.3 Å². The van der Waals surface area contributed by atoms with Crippen LogP contribution in [-0.4, -0.2) is 11.8 Å². The number of nitrogens with one attached hydrogen (secondary N) is 1.